The van der Waals surface area contributed by atoms with E-state index in [1.807, 2.05) is 44.2 Å². The number of piperidine rings is 1. The minimum absolute atomic E-state index is 0.239. The van der Waals surface area contributed by atoms with E-state index in [1.165, 1.54) is 24.2 Å². The fourth-order valence-corrected chi connectivity index (χ4v) is 4.74. The normalized spacial score (nSPS) is 14.7. The molecule has 164 valence electrons. The minimum atomic E-state index is -0.349. The van der Waals surface area contributed by atoms with Crippen molar-refractivity contribution in [3.63, 3.8) is 0 Å². The second kappa shape index (κ2) is 9.02. The number of nitrogens with zero attached hydrogens (tertiary/aromatic N) is 1. The highest BCUT2D eigenvalue weighted by Gasteiger charge is 2.27. The zero-order valence-corrected chi connectivity index (χ0v) is 18.5. The van der Waals surface area contributed by atoms with Crippen LogP contribution in [0.2, 0.25) is 0 Å². The fraction of sp³-hybridized carbons (Fsp3) is 0.400. The van der Waals surface area contributed by atoms with Gasteiger partial charge in [-0.2, -0.15) is 0 Å². The zero-order chi connectivity index (χ0) is 22.0. The lowest BCUT2D eigenvalue weighted by Crippen LogP contribution is -3.11. The van der Waals surface area contributed by atoms with E-state index >= 15 is 0 Å². The molecule has 0 spiro atoms. The summed E-state index contributed by atoms with van der Waals surface area (Å²) in [6.45, 7) is 6.92. The molecule has 1 aliphatic rings. The van der Waals surface area contributed by atoms with Crippen molar-refractivity contribution in [1.29, 1.82) is 0 Å². The number of aromatic nitrogens is 1. The van der Waals surface area contributed by atoms with Crippen molar-refractivity contribution in [2.24, 2.45) is 0 Å². The molecule has 0 unspecified atom stereocenters. The summed E-state index contributed by atoms with van der Waals surface area (Å²) in [6, 6.07) is 11.4. The van der Waals surface area contributed by atoms with Gasteiger partial charge in [0.1, 0.15) is 18.0 Å². The highest BCUT2D eigenvalue weighted by molar-refractivity contribution is 6.08. The minimum Gasteiger partial charge on any atom is -0.507 e. The molecule has 2 heterocycles. The average Bonchev–Trinajstić information content (AvgIpc) is 3.09. The van der Waals surface area contributed by atoms with Crippen LogP contribution in [0.25, 0.3) is 16.6 Å². The lowest BCUT2D eigenvalue weighted by Gasteiger charge is -2.24. The van der Waals surface area contributed by atoms with Crippen molar-refractivity contribution < 1.29 is 24.3 Å². The van der Waals surface area contributed by atoms with E-state index < -0.39 is 0 Å². The Balaban J connectivity index is 1.93. The zero-order valence-electron chi connectivity index (χ0n) is 18.5. The number of rotatable bonds is 6. The molecule has 31 heavy (non-hydrogen) atoms. The number of hydrogen-bond acceptors (Lipinski definition) is 4. The first kappa shape index (κ1) is 21.2. The van der Waals surface area contributed by atoms with Crippen molar-refractivity contribution in [3.05, 3.63) is 53.2 Å². The van der Waals surface area contributed by atoms with Gasteiger partial charge in [0.05, 0.1) is 43.4 Å². The smallest absolute Gasteiger partial charge is 0.340 e. The van der Waals surface area contributed by atoms with Crippen LogP contribution in [0, 0.1) is 6.92 Å². The van der Waals surface area contributed by atoms with Crippen LogP contribution in [0.3, 0.4) is 0 Å². The number of benzene rings is 2. The van der Waals surface area contributed by atoms with Gasteiger partial charge in [-0.25, -0.2) is 4.79 Å². The van der Waals surface area contributed by atoms with Gasteiger partial charge in [0, 0.05) is 16.8 Å². The van der Waals surface area contributed by atoms with Crippen LogP contribution >= 0.6 is 0 Å². The van der Waals surface area contributed by atoms with E-state index in [0.29, 0.717) is 18.7 Å². The number of carbonyl (C=O) groups is 1. The number of likely N-dealkylation sites (tertiary alicyclic amines) is 1. The summed E-state index contributed by atoms with van der Waals surface area (Å²) >= 11 is 0. The van der Waals surface area contributed by atoms with Gasteiger partial charge in [-0.3, -0.25) is 0 Å². The van der Waals surface area contributed by atoms with Crippen LogP contribution in [0.4, 0.5) is 0 Å². The van der Waals surface area contributed by atoms with Crippen LogP contribution in [0.1, 0.15) is 47.8 Å². The van der Waals surface area contributed by atoms with Crippen molar-refractivity contribution in [2.75, 3.05) is 26.8 Å². The first-order valence-corrected chi connectivity index (χ1v) is 11.1. The number of hydrogen-bond donors (Lipinski definition) is 2. The predicted molar refractivity (Wildman–Crippen MR) is 120 cm³/mol. The molecule has 0 aliphatic carbocycles. The number of carbonyl (C=O) groups excluding carboxylic acids is 1. The van der Waals surface area contributed by atoms with Crippen molar-refractivity contribution in [1.82, 2.24) is 4.57 Å². The number of phenolic OH excluding ortho intramolecular Hbond substituents is 1. The maximum atomic E-state index is 13.0. The highest BCUT2D eigenvalue weighted by atomic mass is 16.5. The summed E-state index contributed by atoms with van der Waals surface area (Å²) in [5.74, 6) is 0.663. The number of quaternary nitrogens is 1. The molecule has 4 rings (SSSR count). The average molecular weight is 424 g/mol. The predicted octanol–water partition coefficient (Wildman–Crippen LogP) is 3.40. The fourth-order valence-electron chi connectivity index (χ4n) is 4.74. The molecule has 6 heteroatoms. The Morgan fingerprint density at radius 3 is 2.45 bits per heavy atom. The third kappa shape index (κ3) is 4.00. The monoisotopic (exact) mass is 423 g/mol. The van der Waals surface area contributed by atoms with Crippen molar-refractivity contribution in [3.8, 4) is 17.2 Å². The first-order valence-electron chi connectivity index (χ1n) is 11.1. The van der Waals surface area contributed by atoms with Crippen molar-refractivity contribution >= 4 is 16.9 Å². The van der Waals surface area contributed by atoms with E-state index in [-0.39, 0.29) is 11.7 Å². The number of esters is 1. The molecule has 2 N–H and O–H groups in total. The van der Waals surface area contributed by atoms with Gasteiger partial charge in [0.15, 0.2) is 0 Å². The van der Waals surface area contributed by atoms with Gasteiger partial charge in [-0.05, 0) is 69.5 Å². The molecule has 1 saturated heterocycles. The number of fused-ring (bicyclic) bond motifs is 1. The first-order chi connectivity index (χ1) is 15.0. The molecule has 0 atom stereocenters. The van der Waals surface area contributed by atoms with Gasteiger partial charge in [0.25, 0.3) is 0 Å². The van der Waals surface area contributed by atoms with E-state index in [1.54, 1.807) is 13.2 Å². The van der Waals surface area contributed by atoms with Gasteiger partial charge >= 0.3 is 5.97 Å². The number of methoxy groups -OCH3 is 1. The summed E-state index contributed by atoms with van der Waals surface area (Å²) < 4.78 is 12.8. The van der Waals surface area contributed by atoms with Crippen LogP contribution in [-0.4, -0.2) is 42.4 Å². The lowest BCUT2D eigenvalue weighted by molar-refractivity contribution is -0.918. The Kier molecular flexibility index (Phi) is 6.18. The van der Waals surface area contributed by atoms with Gasteiger partial charge < -0.3 is 24.0 Å². The van der Waals surface area contributed by atoms with Crippen LogP contribution in [0.15, 0.2) is 36.4 Å². The molecule has 6 nitrogen and oxygen atoms in total. The topological polar surface area (TPSA) is 65.1 Å². The van der Waals surface area contributed by atoms with Crippen LogP contribution in [0.5, 0.6) is 11.5 Å². The Labute approximate surface area is 183 Å². The molecule has 1 aromatic heterocycles. The van der Waals surface area contributed by atoms with E-state index in [4.69, 9.17) is 9.47 Å². The molecule has 1 aliphatic heterocycles. The van der Waals surface area contributed by atoms with Crippen molar-refractivity contribution in [2.45, 2.75) is 39.7 Å². The van der Waals surface area contributed by atoms with Crippen LogP contribution < -0.4 is 9.64 Å². The molecule has 3 aromatic rings. The Morgan fingerprint density at radius 2 is 1.81 bits per heavy atom. The molecule has 0 radical (unpaired) electrons. The molecular formula is C25H31N2O4+. The summed E-state index contributed by atoms with van der Waals surface area (Å²) in [6.07, 6.45) is 3.66. The molecule has 0 saturated carbocycles. The Hall–Kier alpha value is -2.99. The lowest BCUT2D eigenvalue weighted by atomic mass is 10.0. The summed E-state index contributed by atoms with van der Waals surface area (Å²) in [4.78, 5) is 14.5. The summed E-state index contributed by atoms with van der Waals surface area (Å²) in [5.41, 5.74) is 4.00. The van der Waals surface area contributed by atoms with E-state index in [2.05, 4.69) is 4.57 Å². The second-order valence-electron chi connectivity index (χ2n) is 8.16. The maximum Gasteiger partial charge on any atom is 0.340 e. The summed E-state index contributed by atoms with van der Waals surface area (Å²) in [7, 11) is 1.64. The largest absolute Gasteiger partial charge is 0.507 e. The molecule has 1 fully saturated rings. The van der Waals surface area contributed by atoms with E-state index in [9.17, 15) is 9.90 Å². The maximum absolute atomic E-state index is 13.0. The Morgan fingerprint density at radius 1 is 1.10 bits per heavy atom. The SMILES string of the molecule is CCOC(=O)c1c(C)n(-c2ccc(OC)cc2)c2ccc(O)c(C[NH+]3CCCCC3)c12. The number of aromatic hydroxyl groups is 1. The Bertz CT molecular complexity index is 1080. The second-order valence-corrected chi connectivity index (χ2v) is 8.16. The number of nitrogens with one attached hydrogen (secondary N) is 1. The third-order valence-corrected chi connectivity index (χ3v) is 6.25. The molecular weight excluding hydrogens is 392 g/mol. The number of phenols is 1. The third-order valence-electron chi connectivity index (χ3n) is 6.25. The van der Waals surface area contributed by atoms with Gasteiger partial charge in [0.2, 0.25) is 0 Å². The highest BCUT2D eigenvalue weighted by Crippen LogP contribution is 2.36. The molecule has 0 bridgehead atoms. The van der Waals surface area contributed by atoms with Gasteiger partial charge in [-0.15, -0.1) is 0 Å². The standard InChI is InChI=1S/C25H30N2O4/c1-4-31-25(29)23-17(2)27(18-8-10-19(30-3)11-9-18)21-12-13-22(28)20(24(21)23)16-26-14-6-5-7-15-26/h8-13,28H,4-7,14-16H2,1-3H3/p+1. The quantitative estimate of drug-likeness (QED) is 0.597. The van der Waals surface area contributed by atoms with Crippen LogP contribution in [-0.2, 0) is 11.3 Å². The molecule has 2 aromatic carbocycles. The van der Waals surface area contributed by atoms with E-state index in [0.717, 1.165) is 46.7 Å². The number of ether oxygens (including phenoxy) is 2. The molecule has 0 amide bonds. The van der Waals surface area contributed by atoms with Gasteiger partial charge in [-0.1, -0.05) is 0 Å². The summed E-state index contributed by atoms with van der Waals surface area (Å²) in [5, 5.41) is 11.6.